The lowest BCUT2D eigenvalue weighted by Crippen LogP contribution is -2.36. The first-order valence-corrected chi connectivity index (χ1v) is 8.84. The van der Waals surface area contributed by atoms with E-state index in [1.807, 2.05) is 11.8 Å². The molecule has 0 aromatic heterocycles. The smallest absolute Gasteiger partial charge is 0.332 e. The van der Waals surface area contributed by atoms with Gasteiger partial charge in [-0.2, -0.15) is 11.8 Å². The van der Waals surface area contributed by atoms with Gasteiger partial charge in [0, 0.05) is 30.3 Å². The van der Waals surface area contributed by atoms with E-state index < -0.39 is 17.8 Å². The maximum atomic E-state index is 11.7. The van der Waals surface area contributed by atoms with Gasteiger partial charge in [0.05, 0.1) is 12.1 Å². The van der Waals surface area contributed by atoms with Gasteiger partial charge in [-0.3, -0.25) is 9.59 Å². The van der Waals surface area contributed by atoms with Gasteiger partial charge in [0.25, 0.3) is 11.8 Å². The van der Waals surface area contributed by atoms with Crippen molar-refractivity contribution in [1.29, 1.82) is 0 Å². The van der Waals surface area contributed by atoms with Gasteiger partial charge >= 0.3 is 12.0 Å². The van der Waals surface area contributed by atoms with Crippen molar-refractivity contribution >= 4 is 35.6 Å². The number of amides is 4. The van der Waals surface area contributed by atoms with Crippen LogP contribution in [0.25, 0.3) is 0 Å². The molecule has 126 valence electrons. The van der Waals surface area contributed by atoms with Crippen LogP contribution in [0.4, 0.5) is 4.79 Å². The first-order valence-electron chi connectivity index (χ1n) is 7.80. The SMILES string of the molecule is O=C1N[C@@H]2[C@H](CS[C@@H]2CCCCC(=O)ON2C(=O)CCC2=O)N1. The fourth-order valence-electron chi connectivity index (χ4n) is 3.06. The molecule has 3 aliphatic rings. The molecule has 8 nitrogen and oxygen atoms in total. The number of nitrogens with one attached hydrogen (secondary N) is 2. The van der Waals surface area contributed by atoms with Gasteiger partial charge in [0.1, 0.15) is 0 Å². The normalized spacial score (nSPS) is 29.5. The van der Waals surface area contributed by atoms with E-state index in [9.17, 15) is 19.2 Å². The number of nitrogens with zero attached hydrogens (tertiary/aromatic N) is 1. The minimum atomic E-state index is -0.554. The zero-order valence-corrected chi connectivity index (χ0v) is 13.4. The molecule has 0 aromatic rings. The summed E-state index contributed by atoms with van der Waals surface area (Å²) in [5, 5.41) is 6.76. The van der Waals surface area contributed by atoms with Crippen LogP contribution in [0.15, 0.2) is 0 Å². The van der Waals surface area contributed by atoms with E-state index in [1.165, 1.54) is 0 Å². The van der Waals surface area contributed by atoms with Gasteiger partial charge in [0.2, 0.25) is 0 Å². The largest absolute Gasteiger partial charge is 0.333 e. The highest BCUT2D eigenvalue weighted by Crippen LogP contribution is 2.33. The molecule has 3 aliphatic heterocycles. The lowest BCUT2D eigenvalue weighted by atomic mass is 10.0. The first-order chi connectivity index (χ1) is 11.0. The minimum Gasteiger partial charge on any atom is -0.332 e. The maximum Gasteiger partial charge on any atom is 0.333 e. The van der Waals surface area contributed by atoms with E-state index in [0.29, 0.717) is 16.7 Å². The van der Waals surface area contributed by atoms with Crippen molar-refractivity contribution in [3.05, 3.63) is 0 Å². The molecule has 0 bridgehead atoms. The number of urea groups is 1. The van der Waals surface area contributed by atoms with Gasteiger partial charge in [-0.1, -0.05) is 6.42 Å². The van der Waals surface area contributed by atoms with Crippen LogP contribution in [0.2, 0.25) is 0 Å². The number of carbonyl (C=O) groups excluding carboxylic acids is 4. The number of hydrogen-bond acceptors (Lipinski definition) is 6. The fourth-order valence-corrected chi connectivity index (χ4v) is 4.61. The Bertz CT molecular complexity index is 525. The number of imide groups is 1. The molecule has 0 aromatic carbocycles. The van der Waals surface area contributed by atoms with Crippen LogP contribution < -0.4 is 10.6 Å². The van der Waals surface area contributed by atoms with E-state index in [4.69, 9.17) is 4.84 Å². The Kier molecular flexibility index (Phi) is 4.74. The second-order valence-electron chi connectivity index (χ2n) is 5.91. The van der Waals surface area contributed by atoms with Crippen molar-refractivity contribution in [3.63, 3.8) is 0 Å². The zero-order valence-electron chi connectivity index (χ0n) is 12.6. The Morgan fingerprint density at radius 1 is 1.17 bits per heavy atom. The first kappa shape index (κ1) is 16.1. The molecule has 9 heteroatoms. The van der Waals surface area contributed by atoms with Crippen LogP contribution in [-0.4, -0.2) is 52.0 Å². The highest BCUT2D eigenvalue weighted by Gasteiger charge is 2.42. The topological polar surface area (TPSA) is 105 Å². The molecule has 3 rings (SSSR count). The summed E-state index contributed by atoms with van der Waals surface area (Å²) >= 11 is 1.83. The number of thioether (sulfide) groups is 1. The summed E-state index contributed by atoms with van der Waals surface area (Å²) < 4.78 is 0. The monoisotopic (exact) mass is 341 g/mol. The van der Waals surface area contributed by atoms with Crippen LogP contribution >= 0.6 is 11.8 Å². The van der Waals surface area contributed by atoms with Crippen molar-refractivity contribution in [2.75, 3.05) is 5.75 Å². The van der Waals surface area contributed by atoms with E-state index in [1.54, 1.807) is 0 Å². The van der Waals surface area contributed by atoms with E-state index >= 15 is 0 Å². The van der Waals surface area contributed by atoms with Crippen molar-refractivity contribution in [1.82, 2.24) is 15.7 Å². The standard InChI is InChI=1S/C14H19N3O5S/c18-10-5-6-11(19)17(10)22-12(20)4-2-1-3-9-13-8(7-23-9)15-14(21)16-13/h8-9,13H,1-7H2,(H2,15,16,21)/t8-,9+,13+/m0/s1. The second kappa shape index (κ2) is 6.77. The van der Waals surface area contributed by atoms with Crippen LogP contribution in [0.1, 0.15) is 38.5 Å². The molecule has 3 heterocycles. The Labute approximate surface area is 137 Å². The fraction of sp³-hybridized carbons (Fsp3) is 0.714. The third-order valence-electron chi connectivity index (χ3n) is 4.26. The minimum absolute atomic E-state index is 0.103. The van der Waals surface area contributed by atoms with E-state index in [2.05, 4.69) is 10.6 Å². The summed E-state index contributed by atoms with van der Waals surface area (Å²) in [6, 6.07) is 0.266. The molecule has 3 saturated heterocycles. The second-order valence-corrected chi connectivity index (χ2v) is 7.18. The van der Waals surface area contributed by atoms with Crippen LogP contribution in [0.5, 0.6) is 0 Å². The predicted molar refractivity (Wildman–Crippen MR) is 81.1 cm³/mol. The third-order valence-corrected chi connectivity index (χ3v) is 5.77. The van der Waals surface area contributed by atoms with Gasteiger partial charge in [0.15, 0.2) is 0 Å². The molecule has 0 aliphatic carbocycles. The summed E-state index contributed by atoms with van der Waals surface area (Å²) in [7, 11) is 0. The average Bonchev–Trinajstić information content (AvgIpc) is 3.14. The van der Waals surface area contributed by atoms with Gasteiger partial charge in [-0.25, -0.2) is 9.59 Å². The van der Waals surface area contributed by atoms with E-state index in [-0.39, 0.29) is 37.4 Å². The molecule has 0 saturated carbocycles. The number of fused-ring (bicyclic) bond motifs is 1. The van der Waals surface area contributed by atoms with Crippen molar-refractivity contribution in [2.24, 2.45) is 0 Å². The highest BCUT2D eigenvalue weighted by molar-refractivity contribution is 8.00. The molecule has 3 atom stereocenters. The van der Waals surface area contributed by atoms with Crippen LogP contribution in [0.3, 0.4) is 0 Å². The van der Waals surface area contributed by atoms with Gasteiger partial charge < -0.3 is 15.5 Å². The molecule has 0 radical (unpaired) electrons. The lowest BCUT2D eigenvalue weighted by molar-refractivity contribution is -0.197. The molecule has 3 fully saturated rings. The number of unbranched alkanes of at least 4 members (excludes halogenated alkanes) is 1. The summed E-state index contributed by atoms with van der Waals surface area (Å²) in [4.78, 5) is 50.5. The molecule has 0 unspecified atom stereocenters. The third kappa shape index (κ3) is 3.60. The summed E-state index contributed by atoms with van der Waals surface area (Å²) in [5.74, 6) is -0.557. The Morgan fingerprint density at radius 3 is 2.65 bits per heavy atom. The molecular formula is C14H19N3O5S. The van der Waals surface area contributed by atoms with Crippen molar-refractivity contribution < 1.29 is 24.0 Å². The number of hydrogen-bond donors (Lipinski definition) is 2. The molecule has 2 N–H and O–H groups in total. The summed E-state index contributed by atoms with van der Waals surface area (Å²) in [5.41, 5.74) is 0. The van der Waals surface area contributed by atoms with Crippen LogP contribution in [0, 0.1) is 0 Å². The van der Waals surface area contributed by atoms with Crippen LogP contribution in [-0.2, 0) is 19.2 Å². The predicted octanol–water partition coefficient (Wildman–Crippen LogP) is 0.319. The molecular weight excluding hydrogens is 322 g/mol. The van der Waals surface area contributed by atoms with Crippen molar-refractivity contribution in [3.8, 4) is 0 Å². The molecule has 0 spiro atoms. The van der Waals surface area contributed by atoms with Gasteiger partial charge in [-0.05, 0) is 12.8 Å². The summed E-state index contributed by atoms with van der Waals surface area (Å²) in [6.45, 7) is 0. The van der Waals surface area contributed by atoms with Gasteiger partial charge in [-0.15, -0.1) is 5.06 Å². The molecule has 23 heavy (non-hydrogen) atoms. The average molecular weight is 341 g/mol. The zero-order chi connectivity index (χ0) is 16.4. The summed E-state index contributed by atoms with van der Waals surface area (Å²) in [6.07, 6.45) is 2.75. The number of hydroxylamine groups is 2. The molecule has 4 amide bonds. The number of carbonyl (C=O) groups is 4. The Balaban J connectivity index is 1.34. The lowest BCUT2D eigenvalue weighted by Gasteiger charge is -2.16. The van der Waals surface area contributed by atoms with Crippen molar-refractivity contribution in [2.45, 2.75) is 55.9 Å². The number of rotatable bonds is 6. The quantitative estimate of drug-likeness (QED) is 0.409. The Morgan fingerprint density at radius 2 is 1.91 bits per heavy atom. The maximum absolute atomic E-state index is 11.7. The highest BCUT2D eigenvalue weighted by atomic mass is 32.2. The van der Waals surface area contributed by atoms with E-state index in [0.717, 1.165) is 18.6 Å². The Hall–Kier alpha value is -1.77.